The molecule has 1 aliphatic heterocycles. The summed E-state index contributed by atoms with van der Waals surface area (Å²) < 4.78 is 29.7. The van der Waals surface area contributed by atoms with Gasteiger partial charge in [0.05, 0.1) is 16.9 Å². The molecule has 21 heavy (non-hydrogen) atoms. The maximum atomic E-state index is 12.1. The molecular weight excluding hydrogens is 294 g/mol. The molecule has 6 nitrogen and oxygen atoms in total. The fourth-order valence-corrected chi connectivity index (χ4v) is 2.92. The summed E-state index contributed by atoms with van der Waals surface area (Å²) in [5.41, 5.74) is 0.878. The average Bonchev–Trinajstić information content (AvgIpc) is 2.66. The number of imide groups is 1. The molecule has 1 aromatic carbocycles. The molecule has 0 fully saturated rings. The molecule has 2 rings (SSSR count). The zero-order chi connectivity index (χ0) is 15.5. The Bertz CT molecular complexity index is 618. The molecule has 0 saturated heterocycles. The van der Waals surface area contributed by atoms with E-state index in [9.17, 15) is 18.0 Å². The van der Waals surface area contributed by atoms with Crippen molar-refractivity contribution in [1.82, 2.24) is 4.90 Å². The minimum Gasteiger partial charge on any atom is -0.286 e. The molecule has 7 heteroatoms. The largest absolute Gasteiger partial charge is 0.286 e. The van der Waals surface area contributed by atoms with E-state index in [0.717, 1.165) is 0 Å². The SMILES string of the molecule is O=C1c2ccccc2C(=O)N1CCCCCCS(=O)(=O)O. The Balaban J connectivity index is 1.78. The van der Waals surface area contributed by atoms with Crippen LogP contribution in [0.5, 0.6) is 0 Å². The van der Waals surface area contributed by atoms with Crippen LogP contribution >= 0.6 is 0 Å². The number of hydrogen-bond donors (Lipinski definition) is 1. The van der Waals surface area contributed by atoms with Gasteiger partial charge in [-0.15, -0.1) is 0 Å². The van der Waals surface area contributed by atoms with Gasteiger partial charge < -0.3 is 0 Å². The van der Waals surface area contributed by atoms with Crippen molar-refractivity contribution in [2.24, 2.45) is 0 Å². The normalized spacial score (nSPS) is 14.6. The number of carbonyl (C=O) groups is 2. The van der Waals surface area contributed by atoms with Crippen LogP contribution < -0.4 is 0 Å². The van der Waals surface area contributed by atoms with E-state index in [-0.39, 0.29) is 17.6 Å². The standard InChI is InChI=1S/C14H17NO5S/c16-13-11-7-3-4-8-12(11)14(17)15(13)9-5-1-2-6-10-21(18,19)20/h3-4,7-8H,1-2,5-6,9-10H2,(H,18,19,20). The van der Waals surface area contributed by atoms with E-state index in [4.69, 9.17) is 4.55 Å². The van der Waals surface area contributed by atoms with Gasteiger partial charge in [0.25, 0.3) is 21.9 Å². The maximum absolute atomic E-state index is 12.1. The van der Waals surface area contributed by atoms with Crippen molar-refractivity contribution < 1.29 is 22.6 Å². The molecule has 1 N–H and O–H groups in total. The summed E-state index contributed by atoms with van der Waals surface area (Å²) in [6.45, 7) is 0.332. The monoisotopic (exact) mass is 311 g/mol. The molecule has 114 valence electrons. The van der Waals surface area contributed by atoms with Crippen molar-refractivity contribution in [2.45, 2.75) is 25.7 Å². The molecule has 0 saturated carbocycles. The smallest absolute Gasteiger partial charge is 0.264 e. The van der Waals surface area contributed by atoms with Gasteiger partial charge in [-0.2, -0.15) is 8.42 Å². The minimum atomic E-state index is -3.90. The number of benzene rings is 1. The summed E-state index contributed by atoms with van der Waals surface area (Å²) in [5, 5.41) is 0. The zero-order valence-electron chi connectivity index (χ0n) is 11.5. The predicted octanol–water partition coefficient (Wildman–Crippen LogP) is 1.73. The molecular formula is C14H17NO5S. The van der Waals surface area contributed by atoms with Crippen molar-refractivity contribution in [1.29, 1.82) is 0 Å². The Hall–Kier alpha value is -1.73. The van der Waals surface area contributed by atoms with Crippen LogP contribution in [-0.4, -0.2) is 42.0 Å². The van der Waals surface area contributed by atoms with Gasteiger partial charge >= 0.3 is 0 Å². The summed E-state index contributed by atoms with van der Waals surface area (Å²) in [5.74, 6) is -0.790. The van der Waals surface area contributed by atoms with Crippen molar-refractivity contribution >= 4 is 21.9 Å². The number of rotatable bonds is 7. The third kappa shape index (κ3) is 3.89. The van der Waals surface area contributed by atoms with Gasteiger partial charge in [-0.1, -0.05) is 25.0 Å². The Labute approximate surface area is 123 Å². The van der Waals surface area contributed by atoms with Crippen LogP contribution in [0.15, 0.2) is 24.3 Å². The molecule has 0 radical (unpaired) electrons. The lowest BCUT2D eigenvalue weighted by atomic mass is 10.1. The highest BCUT2D eigenvalue weighted by atomic mass is 32.2. The predicted molar refractivity (Wildman–Crippen MR) is 76.7 cm³/mol. The number of nitrogens with zero attached hydrogens (tertiary/aromatic N) is 1. The first kappa shape index (κ1) is 15.7. The zero-order valence-corrected chi connectivity index (χ0v) is 12.3. The summed E-state index contributed by atoms with van der Waals surface area (Å²) >= 11 is 0. The fraction of sp³-hybridized carbons (Fsp3) is 0.429. The van der Waals surface area contributed by atoms with Gasteiger partial charge in [-0.05, 0) is 25.0 Å². The second kappa shape index (κ2) is 6.36. The van der Waals surface area contributed by atoms with E-state index in [2.05, 4.69) is 0 Å². The Morgan fingerprint density at radius 1 is 0.905 bits per heavy atom. The molecule has 0 aromatic heterocycles. The highest BCUT2D eigenvalue weighted by Crippen LogP contribution is 2.22. The number of hydrogen-bond acceptors (Lipinski definition) is 4. The number of fused-ring (bicyclic) bond motifs is 1. The van der Waals surface area contributed by atoms with Crippen molar-refractivity contribution in [3.05, 3.63) is 35.4 Å². The van der Waals surface area contributed by atoms with Gasteiger partial charge in [0.1, 0.15) is 0 Å². The Morgan fingerprint density at radius 3 is 1.95 bits per heavy atom. The summed E-state index contributed by atoms with van der Waals surface area (Å²) in [6.07, 6.45) is 2.32. The van der Waals surface area contributed by atoms with Crippen LogP contribution in [0.25, 0.3) is 0 Å². The van der Waals surface area contributed by atoms with E-state index >= 15 is 0 Å². The second-order valence-corrected chi connectivity index (χ2v) is 6.58. The van der Waals surface area contributed by atoms with Crippen LogP contribution in [0.2, 0.25) is 0 Å². The maximum Gasteiger partial charge on any atom is 0.264 e. The summed E-state index contributed by atoms with van der Waals surface area (Å²) in [4.78, 5) is 25.3. The van der Waals surface area contributed by atoms with E-state index in [1.807, 2.05) is 0 Å². The lowest BCUT2D eigenvalue weighted by Crippen LogP contribution is -2.30. The van der Waals surface area contributed by atoms with Gasteiger partial charge in [0.2, 0.25) is 0 Å². The first-order chi connectivity index (χ1) is 9.90. The lowest BCUT2D eigenvalue weighted by Gasteiger charge is -2.13. The topological polar surface area (TPSA) is 91.8 Å². The molecule has 1 aliphatic rings. The van der Waals surface area contributed by atoms with Crippen molar-refractivity contribution in [3.63, 3.8) is 0 Å². The molecule has 2 amide bonds. The number of carbonyl (C=O) groups excluding carboxylic acids is 2. The van der Waals surface area contributed by atoms with Crippen LogP contribution in [0.1, 0.15) is 46.4 Å². The summed E-state index contributed by atoms with van der Waals surface area (Å²) in [6, 6.07) is 6.73. The van der Waals surface area contributed by atoms with E-state index < -0.39 is 10.1 Å². The van der Waals surface area contributed by atoms with E-state index in [1.165, 1.54) is 4.90 Å². The Morgan fingerprint density at radius 2 is 1.43 bits per heavy atom. The molecule has 0 atom stereocenters. The third-order valence-corrected chi connectivity index (χ3v) is 4.22. The van der Waals surface area contributed by atoms with Crippen molar-refractivity contribution in [3.8, 4) is 0 Å². The minimum absolute atomic E-state index is 0.250. The van der Waals surface area contributed by atoms with Crippen LogP contribution in [0, 0.1) is 0 Å². The van der Waals surface area contributed by atoms with Gasteiger partial charge in [-0.3, -0.25) is 19.0 Å². The highest BCUT2D eigenvalue weighted by Gasteiger charge is 2.34. The van der Waals surface area contributed by atoms with Crippen LogP contribution in [-0.2, 0) is 10.1 Å². The molecule has 0 bridgehead atoms. The number of unbranched alkanes of at least 4 members (excludes halogenated alkanes) is 3. The van der Waals surface area contributed by atoms with Crippen molar-refractivity contribution in [2.75, 3.05) is 12.3 Å². The third-order valence-electron chi connectivity index (χ3n) is 3.41. The first-order valence-electron chi connectivity index (χ1n) is 6.80. The molecule has 1 heterocycles. The van der Waals surface area contributed by atoms with E-state index in [1.54, 1.807) is 24.3 Å². The van der Waals surface area contributed by atoms with Gasteiger partial charge in [-0.25, -0.2) is 0 Å². The average molecular weight is 311 g/mol. The van der Waals surface area contributed by atoms with Crippen LogP contribution in [0.4, 0.5) is 0 Å². The second-order valence-electron chi connectivity index (χ2n) is 5.01. The van der Waals surface area contributed by atoms with Crippen LogP contribution in [0.3, 0.4) is 0 Å². The molecule has 1 aromatic rings. The highest BCUT2D eigenvalue weighted by molar-refractivity contribution is 7.85. The van der Waals surface area contributed by atoms with Gasteiger partial charge in [0.15, 0.2) is 0 Å². The van der Waals surface area contributed by atoms with Gasteiger partial charge in [0, 0.05) is 6.54 Å². The fourth-order valence-electron chi connectivity index (χ4n) is 2.35. The number of amides is 2. The Kier molecular flexibility index (Phi) is 4.74. The quantitative estimate of drug-likeness (QED) is 0.470. The molecule has 0 aliphatic carbocycles. The summed E-state index contributed by atoms with van der Waals surface area (Å²) in [7, 11) is -3.90. The molecule has 0 spiro atoms. The lowest BCUT2D eigenvalue weighted by molar-refractivity contribution is 0.0651. The van der Waals surface area contributed by atoms with E-state index in [0.29, 0.717) is 43.4 Å². The first-order valence-corrected chi connectivity index (χ1v) is 8.41. The molecule has 0 unspecified atom stereocenters.